The fourth-order valence-electron chi connectivity index (χ4n) is 1.43. The Labute approximate surface area is 111 Å². The molecule has 0 bridgehead atoms. The van der Waals surface area contributed by atoms with E-state index in [2.05, 4.69) is 35.1 Å². The highest BCUT2D eigenvalue weighted by Crippen LogP contribution is 2.23. The fourth-order valence-corrected chi connectivity index (χ4v) is 1.84. The van der Waals surface area contributed by atoms with Crippen molar-refractivity contribution in [2.24, 2.45) is 5.92 Å². The zero-order chi connectivity index (χ0) is 12.7. The van der Waals surface area contributed by atoms with E-state index in [1.807, 2.05) is 24.3 Å². The zero-order valence-electron chi connectivity index (χ0n) is 10.2. The van der Waals surface area contributed by atoms with Gasteiger partial charge in [-0.2, -0.15) is 5.26 Å². The lowest BCUT2D eigenvalue weighted by molar-refractivity contribution is 0.362. The lowest BCUT2D eigenvalue weighted by Gasteiger charge is -2.12. The third-order valence-electron chi connectivity index (χ3n) is 2.18. The molecule has 0 aromatic heterocycles. The van der Waals surface area contributed by atoms with E-state index >= 15 is 0 Å². The molecule has 1 rings (SSSR count). The van der Waals surface area contributed by atoms with Gasteiger partial charge in [0, 0.05) is 16.6 Å². The number of benzene rings is 1. The average molecular weight is 297 g/mol. The van der Waals surface area contributed by atoms with Crippen LogP contribution in [0.5, 0.6) is 5.75 Å². The Hall–Kier alpha value is -1.05. The third-order valence-corrected chi connectivity index (χ3v) is 2.68. The van der Waals surface area contributed by atoms with Crippen LogP contribution in [0.4, 0.5) is 0 Å². The first-order chi connectivity index (χ1) is 8.13. The van der Waals surface area contributed by atoms with Crippen LogP contribution in [-0.4, -0.2) is 13.2 Å². The van der Waals surface area contributed by atoms with E-state index in [1.54, 1.807) is 0 Å². The Morgan fingerprint density at radius 2 is 2.24 bits per heavy atom. The molecule has 0 spiro atoms. The van der Waals surface area contributed by atoms with Gasteiger partial charge in [-0.25, -0.2) is 0 Å². The number of hydrogen-bond donors (Lipinski definition) is 1. The first-order valence-electron chi connectivity index (χ1n) is 5.62. The van der Waals surface area contributed by atoms with Gasteiger partial charge in [0.15, 0.2) is 6.61 Å². The molecule has 0 aliphatic carbocycles. The van der Waals surface area contributed by atoms with E-state index in [1.165, 1.54) is 0 Å². The summed E-state index contributed by atoms with van der Waals surface area (Å²) in [5, 5.41) is 11.9. The number of halogens is 1. The quantitative estimate of drug-likeness (QED) is 0.877. The molecule has 0 saturated carbocycles. The second kappa shape index (κ2) is 7.31. The van der Waals surface area contributed by atoms with E-state index in [9.17, 15) is 0 Å². The van der Waals surface area contributed by atoms with Gasteiger partial charge in [0.2, 0.25) is 0 Å². The van der Waals surface area contributed by atoms with E-state index in [0.717, 1.165) is 28.9 Å². The minimum Gasteiger partial charge on any atom is -0.478 e. The maximum absolute atomic E-state index is 8.52. The van der Waals surface area contributed by atoms with Crippen LogP contribution in [0.15, 0.2) is 22.7 Å². The molecule has 0 atom stereocenters. The predicted molar refractivity (Wildman–Crippen MR) is 71.8 cm³/mol. The number of nitriles is 1. The highest BCUT2D eigenvalue weighted by molar-refractivity contribution is 9.10. The molecule has 0 aliphatic heterocycles. The van der Waals surface area contributed by atoms with Crippen molar-refractivity contribution in [1.82, 2.24) is 5.32 Å². The van der Waals surface area contributed by atoms with Crippen molar-refractivity contribution in [3.63, 3.8) is 0 Å². The summed E-state index contributed by atoms with van der Waals surface area (Å²) in [6, 6.07) is 7.79. The van der Waals surface area contributed by atoms with Crippen LogP contribution in [0.25, 0.3) is 0 Å². The normalized spacial score (nSPS) is 10.3. The summed E-state index contributed by atoms with van der Waals surface area (Å²) in [7, 11) is 0. The van der Waals surface area contributed by atoms with Crippen molar-refractivity contribution in [2.75, 3.05) is 13.2 Å². The van der Waals surface area contributed by atoms with E-state index in [4.69, 9.17) is 10.00 Å². The van der Waals surface area contributed by atoms with Gasteiger partial charge in [0.1, 0.15) is 11.8 Å². The Morgan fingerprint density at radius 3 is 2.88 bits per heavy atom. The second-order valence-corrected chi connectivity index (χ2v) is 5.14. The van der Waals surface area contributed by atoms with Crippen LogP contribution in [-0.2, 0) is 6.54 Å². The third kappa shape index (κ3) is 5.20. The minimum atomic E-state index is 0.0822. The minimum absolute atomic E-state index is 0.0822. The molecule has 0 radical (unpaired) electrons. The van der Waals surface area contributed by atoms with Crippen molar-refractivity contribution in [1.29, 1.82) is 5.26 Å². The molecule has 4 heteroatoms. The maximum atomic E-state index is 8.52. The smallest absolute Gasteiger partial charge is 0.174 e. The van der Waals surface area contributed by atoms with Crippen LogP contribution in [0.1, 0.15) is 19.4 Å². The van der Waals surface area contributed by atoms with Gasteiger partial charge < -0.3 is 10.1 Å². The molecule has 0 aliphatic rings. The first-order valence-corrected chi connectivity index (χ1v) is 6.41. The van der Waals surface area contributed by atoms with Crippen LogP contribution in [0, 0.1) is 17.2 Å². The Balaban J connectivity index is 2.66. The summed E-state index contributed by atoms with van der Waals surface area (Å²) >= 11 is 3.44. The molecular weight excluding hydrogens is 280 g/mol. The highest BCUT2D eigenvalue weighted by atomic mass is 79.9. The summed E-state index contributed by atoms with van der Waals surface area (Å²) in [4.78, 5) is 0. The summed E-state index contributed by atoms with van der Waals surface area (Å²) in [5.74, 6) is 1.39. The molecule has 0 amide bonds. The van der Waals surface area contributed by atoms with Crippen molar-refractivity contribution in [3.05, 3.63) is 28.2 Å². The molecule has 1 aromatic carbocycles. The zero-order valence-corrected chi connectivity index (χ0v) is 11.8. The number of rotatable bonds is 6. The van der Waals surface area contributed by atoms with Gasteiger partial charge in [-0.15, -0.1) is 0 Å². The monoisotopic (exact) mass is 296 g/mol. The molecule has 92 valence electrons. The van der Waals surface area contributed by atoms with E-state index in [0.29, 0.717) is 5.92 Å². The maximum Gasteiger partial charge on any atom is 0.174 e. The van der Waals surface area contributed by atoms with Crippen LogP contribution >= 0.6 is 15.9 Å². The fraction of sp³-hybridized carbons (Fsp3) is 0.462. The lowest BCUT2D eigenvalue weighted by Crippen LogP contribution is -2.19. The number of nitrogens with one attached hydrogen (secondary N) is 1. The van der Waals surface area contributed by atoms with Gasteiger partial charge >= 0.3 is 0 Å². The van der Waals surface area contributed by atoms with Gasteiger partial charge in [-0.1, -0.05) is 29.8 Å². The Bertz CT molecular complexity index is 399. The molecule has 0 saturated heterocycles. The summed E-state index contributed by atoms with van der Waals surface area (Å²) < 4.78 is 6.39. The van der Waals surface area contributed by atoms with Crippen molar-refractivity contribution in [2.45, 2.75) is 20.4 Å². The summed E-state index contributed by atoms with van der Waals surface area (Å²) in [5.41, 5.74) is 1.07. The van der Waals surface area contributed by atoms with Crippen LogP contribution in [0.2, 0.25) is 0 Å². The summed E-state index contributed by atoms with van der Waals surface area (Å²) in [6.45, 7) is 6.13. The number of nitrogens with zero attached hydrogens (tertiary/aromatic N) is 1. The Morgan fingerprint density at radius 1 is 1.47 bits per heavy atom. The molecule has 0 fully saturated rings. The van der Waals surface area contributed by atoms with Crippen molar-refractivity contribution < 1.29 is 4.74 Å². The van der Waals surface area contributed by atoms with Gasteiger partial charge in [0.25, 0.3) is 0 Å². The lowest BCUT2D eigenvalue weighted by atomic mass is 10.2. The first kappa shape index (κ1) is 14.0. The van der Waals surface area contributed by atoms with Crippen molar-refractivity contribution in [3.8, 4) is 11.8 Å². The molecule has 0 heterocycles. The van der Waals surface area contributed by atoms with E-state index in [-0.39, 0.29) is 6.61 Å². The largest absolute Gasteiger partial charge is 0.478 e. The SMILES string of the molecule is CC(C)CNCc1cc(Br)ccc1OCC#N. The van der Waals surface area contributed by atoms with Gasteiger partial charge in [0.05, 0.1) is 0 Å². The van der Waals surface area contributed by atoms with E-state index < -0.39 is 0 Å². The molecular formula is C13H17BrN2O. The van der Waals surface area contributed by atoms with Crippen LogP contribution in [0.3, 0.4) is 0 Å². The predicted octanol–water partition coefficient (Wildman–Crippen LogP) is 3.10. The topological polar surface area (TPSA) is 45.0 Å². The molecule has 17 heavy (non-hydrogen) atoms. The average Bonchev–Trinajstić information content (AvgIpc) is 2.27. The highest BCUT2D eigenvalue weighted by Gasteiger charge is 2.04. The second-order valence-electron chi connectivity index (χ2n) is 4.22. The molecule has 1 aromatic rings. The standard InChI is InChI=1S/C13H17BrN2O/c1-10(2)8-16-9-11-7-12(14)3-4-13(11)17-6-5-15/h3-4,7,10,16H,6,8-9H2,1-2H3. The molecule has 3 nitrogen and oxygen atoms in total. The molecule has 0 unspecified atom stereocenters. The van der Waals surface area contributed by atoms with Gasteiger partial charge in [-0.3, -0.25) is 0 Å². The Kier molecular flexibility index (Phi) is 6.03. The van der Waals surface area contributed by atoms with Gasteiger partial charge in [-0.05, 0) is 30.7 Å². The summed E-state index contributed by atoms with van der Waals surface area (Å²) in [6.07, 6.45) is 0. The van der Waals surface area contributed by atoms with Crippen LogP contribution < -0.4 is 10.1 Å². The number of hydrogen-bond acceptors (Lipinski definition) is 3. The van der Waals surface area contributed by atoms with Crippen molar-refractivity contribution >= 4 is 15.9 Å². The number of ether oxygens (including phenoxy) is 1. The molecule has 1 N–H and O–H groups in total.